The third-order valence-electron chi connectivity index (χ3n) is 12.7. The molecule has 0 N–H and O–H groups in total. The molecule has 0 aliphatic carbocycles. The number of fused-ring (bicyclic) bond motifs is 8. The minimum Gasteiger partial charge on any atom is -0.309 e. The van der Waals surface area contributed by atoms with Crippen LogP contribution in [0.3, 0.4) is 0 Å². The molecule has 5 heteroatoms. The van der Waals surface area contributed by atoms with Crippen molar-refractivity contribution in [2.45, 2.75) is 0 Å². The number of benzene rings is 10. The van der Waals surface area contributed by atoms with Crippen molar-refractivity contribution in [3.05, 3.63) is 218 Å². The molecular formula is C58H36N4S. The molecule has 3 heterocycles. The van der Waals surface area contributed by atoms with E-state index in [9.17, 15) is 0 Å². The molecule has 0 atom stereocenters. The zero-order valence-corrected chi connectivity index (χ0v) is 34.8. The molecule has 63 heavy (non-hydrogen) atoms. The molecule has 13 rings (SSSR count). The van der Waals surface area contributed by atoms with Crippen LogP contribution in [0.5, 0.6) is 0 Å². The minimum absolute atomic E-state index is 0.720. The predicted octanol–water partition coefficient (Wildman–Crippen LogP) is 15.7. The fraction of sp³-hybridized carbons (Fsp3) is 0. The lowest BCUT2D eigenvalue weighted by atomic mass is 9.99. The summed E-state index contributed by atoms with van der Waals surface area (Å²) < 4.78 is 9.71. The van der Waals surface area contributed by atoms with Gasteiger partial charge in [-0.2, -0.15) is 4.37 Å². The van der Waals surface area contributed by atoms with Crippen LogP contribution < -0.4 is 0 Å². The molecular weight excluding hydrogens is 785 g/mol. The molecule has 0 fully saturated rings. The number of para-hydroxylation sites is 2. The molecule has 0 saturated heterocycles. The van der Waals surface area contributed by atoms with Gasteiger partial charge in [-0.15, -0.1) is 0 Å². The van der Waals surface area contributed by atoms with Gasteiger partial charge >= 0.3 is 0 Å². The second-order valence-corrected chi connectivity index (χ2v) is 17.1. The monoisotopic (exact) mass is 820 g/mol. The summed E-state index contributed by atoms with van der Waals surface area (Å²) in [6.45, 7) is 0. The van der Waals surface area contributed by atoms with Crippen molar-refractivity contribution in [3.63, 3.8) is 0 Å². The van der Waals surface area contributed by atoms with Crippen LogP contribution in [0.1, 0.15) is 0 Å². The van der Waals surface area contributed by atoms with Crippen LogP contribution in [0.4, 0.5) is 0 Å². The van der Waals surface area contributed by atoms with Gasteiger partial charge in [-0.1, -0.05) is 152 Å². The number of aromatic nitrogens is 4. The van der Waals surface area contributed by atoms with Gasteiger partial charge in [-0.05, 0) is 122 Å². The van der Waals surface area contributed by atoms with Crippen molar-refractivity contribution in [3.8, 4) is 55.6 Å². The van der Waals surface area contributed by atoms with Gasteiger partial charge in [0.05, 0.1) is 22.1 Å². The number of hydrogen-bond donors (Lipinski definition) is 0. The molecule has 0 aliphatic heterocycles. The molecule has 3 aromatic heterocycles. The molecule has 294 valence electrons. The average molecular weight is 821 g/mol. The molecule has 0 amide bonds. The van der Waals surface area contributed by atoms with Crippen LogP contribution in [-0.2, 0) is 0 Å². The summed E-state index contributed by atoms with van der Waals surface area (Å²) in [7, 11) is 0. The molecule has 0 radical (unpaired) electrons. The van der Waals surface area contributed by atoms with Gasteiger partial charge in [0.1, 0.15) is 5.01 Å². The second kappa shape index (κ2) is 14.2. The Morgan fingerprint density at radius 1 is 0.302 bits per heavy atom. The van der Waals surface area contributed by atoms with Gasteiger partial charge in [-0.25, -0.2) is 4.98 Å². The van der Waals surface area contributed by atoms with Crippen LogP contribution in [0.25, 0.3) is 121 Å². The maximum atomic E-state index is 5.18. The SMILES string of the molecule is c1cc(-c2nsc(-c3cccc(-n4c5ccccc5c5cc(-c6ccc7ccccc7c6)ccc54)c3)n2)cc(-n2c3ccccc3c3ccc(-c4ccc5ccccc5c4)cc32)c1. The topological polar surface area (TPSA) is 35.6 Å². The van der Waals surface area contributed by atoms with Crippen LogP contribution in [0.15, 0.2) is 218 Å². The lowest BCUT2D eigenvalue weighted by Gasteiger charge is -2.11. The summed E-state index contributed by atoms with van der Waals surface area (Å²) in [6, 6.07) is 79.0. The Bertz CT molecular complexity index is 3940. The van der Waals surface area contributed by atoms with Crippen molar-refractivity contribution in [2.24, 2.45) is 0 Å². The summed E-state index contributed by atoms with van der Waals surface area (Å²) in [6.07, 6.45) is 0. The third-order valence-corrected chi connectivity index (χ3v) is 13.4. The molecule has 0 spiro atoms. The van der Waals surface area contributed by atoms with E-state index < -0.39 is 0 Å². The zero-order chi connectivity index (χ0) is 41.4. The van der Waals surface area contributed by atoms with E-state index in [4.69, 9.17) is 9.36 Å². The maximum Gasteiger partial charge on any atom is 0.173 e. The Hall–Kier alpha value is -8.12. The minimum atomic E-state index is 0.720. The van der Waals surface area contributed by atoms with Crippen molar-refractivity contribution in [1.82, 2.24) is 18.5 Å². The Morgan fingerprint density at radius 3 is 1.49 bits per heavy atom. The molecule has 4 nitrogen and oxygen atoms in total. The Labute approximate surface area is 367 Å². The van der Waals surface area contributed by atoms with Gasteiger partial charge in [0, 0.05) is 44.0 Å². The first-order valence-corrected chi connectivity index (χ1v) is 22.1. The lowest BCUT2D eigenvalue weighted by Crippen LogP contribution is -1.95. The van der Waals surface area contributed by atoms with Gasteiger partial charge in [0.15, 0.2) is 5.82 Å². The van der Waals surface area contributed by atoms with Gasteiger partial charge in [-0.3, -0.25) is 0 Å². The molecule has 0 saturated carbocycles. The van der Waals surface area contributed by atoms with Crippen LogP contribution in [0.2, 0.25) is 0 Å². The zero-order valence-electron chi connectivity index (χ0n) is 34.0. The van der Waals surface area contributed by atoms with E-state index in [-0.39, 0.29) is 0 Å². The molecule has 10 aromatic carbocycles. The highest BCUT2D eigenvalue weighted by Crippen LogP contribution is 2.39. The molecule has 0 bridgehead atoms. The fourth-order valence-corrected chi connectivity index (χ4v) is 10.3. The van der Waals surface area contributed by atoms with E-state index in [1.807, 2.05) is 0 Å². The summed E-state index contributed by atoms with van der Waals surface area (Å²) in [5.41, 5.74) is 13.7. The van der Waals surface area contributed by atoms with Crippen molar-refractivity contribution < 1.29 is 0 Å². The summed E-state index contributed by atoms with van der Waals surface area (Å²) >= 11 is 1.44. The number of rotatable bonds is 6. The Morgan fingerprint density at radius 2 is 0.794 bits per heavy atom. The molecule has 0 unspecified atom stereocenters. The first-order chi connectivity index (χ1) is 31.2. The summed E-state index contributed by atoms with van der Waals surface area (Å²) in [4.78, 5) is 5.18. The summed E-state index contributed by atoms with van der Waals surface area (Å²) in [5.74, 6) is 0.720. The third kappa shape index (κ3) is 5.89. The summed E-state index contributed by atoms with van der Waals surface area (Å²) in [5, 5.41) is 10.8. The second-order valence-electron chi connectivity index (χ2n) is 16.3. The largest absolute Gasteiger partial charge is 0.309 e. The normalized spacial score (nSPS) is 11.8. The van der Waals surface area contributed by atoms with Gasteiger partial charge in [0.2, 0.25) is 0 Å². The van der Waals surface area contributed by atoms with Crippen LogP contribution in [0, 0.1) is 0 Å². The van der Waals surface area contributed by atoms with E-state index >= 15 is 0 Å². The predicted molar refractivity (Wildman–Crippen MR) is 265 cm³/mol. The first-order valence-electron chi connectivity index (χ1n) is 21.3. The molecule has 0 aliphatic rings. The smallest absolute Gasteiger partial charge is 0.173 e. The average Bonchev–Trinajstić information content (AvgIpc) is 4.07. The first kappa shape index (κ1) is 35.6. The van der Waals surface area contributed by atoms with E-state index in [1.54, 1.807) is 0 Å². The lowest BCUT2D eigenvalue weighted by molar-refractivity contribution is 1.17. The van der Waals surface area contributed by atoms with Gasteiger partial charge < -0.3 is 9.13 Å². The Balaban J connectivity index is 0.868. The number of nitrogens with zero attached hydrogens (tertiary/aromatic N) is 4. The van der Waals surface area contributed by atoms with Crippen molar-refractivity contribution in [2.75, 3.05) is 0 Å². The standard InChI is InChI=1S/C58H36N4S/c1-3-13-39-31-41(25-23-37(39)11-1)43-28-30-55-52(35-43)50-20-6-8-22-54(50)61(55)48-18-10-16-46(34-48)58-59-57(60-63-58)45-15-9-17-47(33-45)62-53-21-7-5-19-49(53)51-29-27-44(36-56(51)62)42-26-24-38-12-2-4-14-40(38)32-42/h1-36H. The van der Waals surface area contributed by atoms with Crippen molar-refractivity contribution >= 4 is 76.7 Å². The van der Waals surface area contributed by atoms with Gasteiger partial charge in [0.25, 0.3) is 0 Å². The Kier molecular flexibility index (Phi) is 8.05. The maximum absolute atomic E-state index is 5.18. The highest BCUT2D eigenvalue weighted by atomic mass is 32.1. The van der Waals surface area contributed by atoms with E-state index in [0.29, 0.717) is 0 Å². The number of hydrogen-bond acceptors (Lipinski definition) is 3. The highest BCUT2D eigenvalue weighted by molar-refractivity contribution is 7.09. The molecule has 13 aromatic rings. The quantitative estimate of drug-likeness (QED) is 0.167. The fourth-order valence-electron chi connectivity index (χ4n) is 9.62. The van der Waals surface area contributed by atoms with Crippen LogP contribution >= 0.6 is 11.5 Å². The van der Waals surface area contributed by atoms with E-state index in [0.717, 1.165) is 38.9 Å². The van der Waals surface area contributed by atoms with Crippen LogP contribution in [-0.4, -0.2) is 18.5 Å². The van der Waals surface area contributed by atoms with Crippen molar-refractivity contribution in [1.29, 1.82) is 0 Å². The van der Waals surface area contributed by atoms with E-state index in [1.165, 1.54) is 93.4 Å². The van der Waals surface area contributed by atoms with E-state index in [2.05, 4.69) is 228 Å². The highest BCUT2D eigenvalue weighted by Gasteiger charge is 2.18.